The van der Waals surface area contributed by atoms with Gasteiger partial charge in [0.25, 0.3) is 0 Å². The van der Waals surface area contributed by atoms with E-state index in [1.54, 1.807) is 0 Å². The molecule has 1 rings (SSSR count). The molecule has 0 atom stereocenters. The van der Waals surface area contributed by atoms with Crippen molar-refractivity contribution in [2.45, 2.75) is 32.6 Å². The minimum Gasteiger partial charge on any atom is -0.494 e. The highest BCUT2D eigenvalue weighted by Gasteiger charge is 2.18. The van der Waals surface area contributed by atoms with E-state index in [2.05, 4.69) is 6.92 Å². The Morgan fingerprint density at radius 1 is 1.20 bits per heavy atom. The molecular weight excluding hydrogens is 188 g/mol. The Morgan fingerprint density at radius 2 is 1.80 bits per heavy atom. The molecule has 1 N–H and O–H groups in total. The van der Waals surface area contributed by atoms with Crippen LogP contribution in [-0.4, -0.2) is 18.3 Å². The summed E-state index contributed by atoms with van der Waals surface area (Å²) in [6.07, 6.45) is 1.02. The van der Waals surface area contributed by atoms with Crippen LogP contribution in [0.2, 0.25) is 0 Å². The van der Waals surface area contributed by atoms with E-state index in [1.165, 1.54) is 0 Å². The molecule has 0 saturated carbocycles. The van der Waals surface area contributed by atoms with Gasteiger partial charge in [-0.2, -0.15) is 0 Å². The van der Waals surface area contributed by atoms with Crippen molar-refractivity contribution in [3.05, 3.63) is 29.8 Å². The van der Waals surface area contributed by atoms with E-state index in [-0.39, 0.29) is 12.0 Å². The lowest BCUT2D eigenvalue weighted by Crippen LogP contribution is -2.21. The molecule has 1 aromatic rings. The average Bonchev–Trinajstić information content (AvgIpc) is 2.27. The second-order valence-electron chi connectivity index (χ2n) is 4.41. The Hall–Kier alpha value is -1.02. The largest absolute Gasteiger partial charge is 0.494 e. The second-order valence-corrected chi connectivity index (χ2v) is 4.41. The maximum Gasteiger partial charge on any atom is 0.119 e. The Bertz CT molecular complexity index is 288. The maximum atomic E-state index is 9.23. The van der Waals surface area contributed by atoms with Crippen LogP contribution in [0.25, 0.3) is 0 Å². The summed E-state index contributed by atoms with van der Waals surface area (Å²) in [5.74, 6) is 0.898. The summed E-state index contributed by atoms with van der Waals surface area (Å²) in [6.45, 7) is 7.04. The lowest BCUT2D eigenvalue weighted by atomic mass is 9.86. The SMILES string of the molecule is CCCOc1ccc(C(C)(C)CO)cc1. The molecule has 2 nitrogen and oxygen atoms in total. The van der Waals surface area contributed by atoms with Gasteiger partial charge in [0.2, 0.25) is 0 Å². The van der Waals surface area contributed by atoms with E-state index in [4.69, 9.17) is 4.74 Å². The molecule has 0 amide bonds. The van der Waals surface area contributed by atoms with Gasteiger partial charge in [0, 0.05) is 5.41 Å². The van der Waals surface area contributed by atoms with Crippen molar-refractivity contribution in [3.8, 4) is 5.75 Å². The average molecular weight is 208 g/mol. The van der Waals surface area contributed by atoms with E-state index in [0.717, 1.165) is 24.3 Å². The fourth-order valence-corrected chi connectivity index (χ4v) is 1.31. The predicted molar refractivity (Wildman–Crippen MR) is 62.3 cm³/mol. The first-order valence-corrected chi connectivity index (χ1v) is 5.44. The molecule has 0 aliphatic rings. The highest BCUT2D eigenvalue weighted by Crippen LogP contribution is 2.24. The van der Waals surface area contributed by atoms with Crippen LogP contribution >= 0.6 is 0 Å². The minimum absolute atomic E-state index is 0.155. The molecule has 0 radical (unpaired) electrons. The van der Waals surface area contributed by atoms with Gasteiger partial charge in [-0.25, -0.2) is 0 Å². The number of hydrogen-bond donors (Lipinski definition) is 1. The Balaban J connectivity index is 2.72. The summed E-state index contributed by atoms with van der Waals surface area (Å²) < 4.78 is 5.49. The lowest BCUT2D eigenvalue weighted by Gasteiger charge is -2.22. The fraction of sp³-hybridized carbons (Fsp3) is 0.538. The molecule has 0 bridgehead atoms. The molecule has 0 saturated heterocycles. The quantitative estimate of drug-likeness (QED) is 0.806. The fourth-order valence-electron chi connectivity index (χ4n) is 1.31. The van der Waals surface area contributed by atoms with E-state index < -0.39 is 0 Å². The number of hydrogen-bond acceptors (Lipinski definition) is 2. The third-order valence-corrected chi connectivity index (χ3v) is 2.50. The van der Waals surface area contributed by atoms with E-state index in [0.29, 0.717) is 0 Å². The van der Waals surface area contributed by atoms with Gasteiger partial charge in [0.15, 0.2) is 0 Å². The molecular formula is C13H20O2. The summed E-state index contributed by atoms with van der Waals surface area (Å²) in [4.78, 5) is 0. The van der Waals surface area contributed by atoms with Crippen LogP contribution in [0.5, 0.6) is 5.75 Å². The molecule has 0 aliphatic carbocycles. The third kappa shape index (κ3) is 3.24. The monoisotopic (exact) mass is 208 g/mol. The zero-order chi connectivity index (χ0) is 11.3. The van der Waals surface area contributed by atoms with Gasteiger partial charge in [-0.15, -0.1) is 0 Å². The molecule has 1 aromatic carbocycles. The van der Waals surface area contributed by atoms with Crippen molar-refractivity contribution in [2.24, 2.45) is 0 Å². The summed E-state index contributed by atoms with van der Waals surface area (Å²) in [5, 5.41) is 9.23. The lowest BCUT2D eigenvalue weighted by molar-refractivity contribution is 0.218. The van der Waals surface area contributed by atoms with Crippen molar-refractivity contribution < 1.29 is 9.84 Å². The normalized spacial score (nSPS) is 11.5. The predicted octanol–water partition coefficient (Wildman–Crippen LogP) is 2.75. The molecule has 15 heavy (non-hydrogen) atoms. The molecule has 0 aliphatic heterocycles. The molecule has 0 fully saturated rings. The molecule has 0 heterocycles. The summed E-state index contributed by atoms with van der Waals surface area (Å²) in [5.41, 5.74) is 0.956. The van der Waals surface area contributed by atoms with Crippen molar-refractivity contribution in [1.82, 2.24) is 0 Å². The highest BCUT2D eigenvalue weighted by atomic mass is 16.5. The van der Waals surface area contributed by atoms with Gasteiger partial charge < -0.3 is 9.84 Å². The first-order chi connectivity index (χ1) is 7.10. The van der Waals surface area contributed by atoms with Crippen LogP contribution in [0, 0.1) is 0 Å². The standard InChI is InChI=1S/C13H20O2/c1-4-9-15-12-7-5-11(6-8-12)13(2,3)10-14/h5-8,14H,4,9-10H2,1-3H3. The Morgan fingerprint density at radius 3 is 2.27 bits per heavy atom. The van der Waals surface area contributed by atoms with Crippen LogP contribution in [0.15, 0.2) is 24.3 Å². The number of aliphatic hydroxyl groups excluding tert-OH is 1. The van der Waals surface area contributed by atoms with Gasteiger partial charge in [0.1, 0.15) is 5.75 Å². The van der Waals surface area contributed by atoms with Gasteiger partial charge >= 0.3 is 0 Å². The summed E-state index contributed by atoms with van der Waals surface area (Å²) in [6, 6.07) is 7.95. The van der Waals surface area contributed by atoms with Gasteiger partial charge in [-0.1, -0.05) is 32.9 Å². The van der Waals surface area contributed by atoms with Crippen LogP contribution in [-0.2, 0) is 5.41 Å². The number of aliphatic hydroxyl groups is 1. The van der Waals surface area contributed by atoms with E-state index >= 15 is 0 Å². The zero-order valence-electron chi connectivity index (χ0n) is 9.79. The van der Waals surface area contributed by atoms with Crippen molar-refractivity contribution in [3.63, 3.8) is 0 Å². The summed E-state index contributed by atoms with van der Waals surface area (Å²) >= 11 is 0. The molecule has 84 valence electrons. The first-order valence-electron chi connectivity index (χ1n) is 5.44. The third-order valence-electron chi connectivity index (χ3n) is 2.50. The Kier molecular flexibility index (Phi) is 4.15. The maximum absolute atomic E-state index is 9.23. The van der Waals surface area contributed by atoms with Crippen molar-refractivity contribution in [1.29, 1.82) is 0 Å². The molecule has 2 heteroatoms. The van der Waals surface area contributed by atoms with Crippen molar-refractivity contribution >= 4 is 0 Å². The van der Waals surface area contributed by atoms with Crippen LogP contribution in [0.3, 0.4) is 0 Å². The van der Waals surface area contributed by atoms with Crippen LogP contribution in [0.4, 0.5) is 0 Å². The van der Waals surface area contributed by atoms with Gasteiger partial charge in [0.05, 0.1) is 13.2 Å². The summed E-state index contributed by atoms with van der Waals surface area (Å²) in [7, 11) is 0. The van der Waals surface area contributed by atoms with Gasteiger partial charge in [-0.3, -0.25) is 0 Å². The topological polar surface area (TPSA) is 29.5 Å². The molecule has 0 aromatic heterocycles. The number of ether oxygens (including phenoxy) is 1. The minimum atomic E-state index is -0.177. The van der Waals surface area contributed by atoms with Crippen LogP contribution < -0.4 is 4.74 Å². The number of rotatable bonds is 5. The van der Waals surface area contributed by atoms with Crippen molar-refractivity contribution in [2.75, 3.05) is 13.2 Å². The molecule has 0 unspecified atom stereocenters. The van der Waals surface area contributed by atoms with Crippen LogP contribution in [0.1, 0.15) is 32.8 Å². The Labute approximate surface area is 91.9 Å². The van der Waals surface area contributed by atoms with Gasteiger partial charge in [-0.05, 0) is 24.1 Å². The zero-order valence-corrected chi connectivity index (χ0v) is 9.79. The van der Waals surface area contributed by atoms with E-state index in [9.17, 15) is 5.11 Å². The highest BCUT2D eigenvalue weighted by molar-refractivity contribution is 5.31. The van der Waals surface area contributed by atoms with E-state index in [1.807, 2.05) is 38.1 Å². The first kappa shape index (κ1) is 12.1. The number of benzene rings is 1. The second kappa shape index (κ2) is 5.17. The molecule has 0 spiro atoms. The smallest absolute Gasteiger partial charge is 0.119 e.